The van der Waals surface area contributed by atoms with Gasteiger partial charge in [-0.05, 0) is 6.92 Å². The van der Waals surface area contributed by atoms with Crippen molar-refractivity contribution < 1.29 is 18.1 Å². The number of hydrogen-bond donors (Lipinski definition) is 0. The number of benzene rings is 2. The first-order valence-corrected chi connectivity index (χ1v) is 6.39. The molecule has 2 aromatic rings. The maximum absolute atomic E-state index is 12.5. The molecular weight excluding hydrogens is 273 g/mol. The highest BCUT2D eigenvalue weighted by Crippen LogP contribution is 2.19. The molecule has 0 atom stereocenters. The molecule has 0 N–H and O–H groups in total. The van der Waals surface area contributed by atoms with E-state index in [0.717, 1.165) is 11.6 Å². The minimum absolute atomic E-state index is 0.142. The van der Waals surface area contributed by atoms with E-state index in [0.29, 0.717) is 11.1 Å². The first kappa shape index (κ1) is 15.0. The highest BCUT2D eigenvalue weighted by atomic mass is 19.2. The van der Waals surface area contributed by atoms with Crippen molar-refractivity contribution in [2.45, 2.75) is 6.92 Å². The third-order valence-corrected chi connectivity index (χ3v) is 2.87. The largest absolute Gasteiger partial charge is 0.796 e. The van der Waals surface area contributed by atoms with Crippen molar-refractivity contribution in [3.05, 3.63) is 77.4 Å². The molecule has 0 amide bonds. The van der Waals surface area contributed by atoms with Gasteiger partial charge in [-0.2, -0.15) is 0 Å². The number of allylic oxidation sites excluding steroid dienone is 1. The van der Waals surface area contributed by atoms with Crippen molar-refractivity contribution in [2.24, 2.45) is 0 Å². The topological polar surface area (TPSA) is 26.3 Å². The Bertz CT molecular complexity index is 637. The zero-order chi connectivity index (χ0) is 15.2. The van der Waals surface area contributed by atoms with Gasteiger partial charge in [0.05, 0.1) is 0 Å². The van der Waals surface area contributed by atoms with Crippen molar-refractivity contribution >= 4 is 19.0 Å². The molecule has 0 radical (unpaired) electrons. The molecule has 0 bridgehead atoms. The van der Waals surface area contributed by atoms with Gasteiger partial charge < -0.3 is 4.65 Å². The number of carbonyl (C=O) groups is 1. The molecule has 0 saturated carbocycles. The Morgan fingerprint density at radius 1 is 1.00 bits per heavy atom. The fourth-order valence-corrected chi connectivity index (χ4v) is 1.80. The molecule has 2 nitrogen and oxygen atoms in total. The minimum atomic E-state index is -2.98. The van der Waals surface area contributed by atoms with Gasteiger partial charge in [-0.1, -0.05) is 60.2 Å². The van der Waals surface area contributed by atoms with Crippen LogP contribution in [0.4, 0.5) is 8.63 Å². The van der Waals surface area contributed by atoms with Gasteiger partial charge in [-0.3, -0.25) is 4.79 Å². The van der Waals surface area contributed by atoms with Crippen molar-refractivity contribution in [1.82, 2.24) is 0 Å². The fraction of sp³-hybridized carbons (Fsp3) is 0.0625. The van der Waals surface area contributed by atoms with Crippen LogP contribution in [0.2, 0.25) is 0 Å². The van der Waals surface area contributed by atoms with Gasteiger partial charge in [-0.25, -0.2) is 8.63 Å². The van der Waals surface area contributed by atoms with Crippen LogP contribution in [0, 0.1) is 6.92 Å². The molecule has 0 aliphatic carbocycles. The summed E-state index contributed by atoms with van der Waals surface area (Å²) in [5.41, 5.74) is 1.87. The Hall–Kier alpha value is -2.43. The van der Waals surface area contributed by atoms with Crippen LogP contribution in [-0.2, 0) is 4.65 Å². The van der Waals surface area contributed by atoms with Gasteiger partial charge in [0.2, 0.25) is 0 Å². The highest BCUT2D eigenvalue weighted by molar-refractivity contribution is 6.36. The molecule has 0 aliphatic rings. The van der Waals surface area contributed by atoms with Crippen LogP contribution in [0.3, 0.4) is 0 Å². The molecule has 0 fully saturated rings. The molecule has 2 rings (SSSR count). The first-order chi connectivity index (χ1) is 10.1. The van der Waals surface area contributed by atoms with E-state index >= 15 is 0 Å². The Morgan fingerprint density at radius 2 is 1.62 bits per heavy atom. The third-order valence-electron chi connectivity index (χ3n) is 2.87. The van der Waals surface area contributed by atoms with Crippen LogP contribution in [0.1, 0.15) is 21.5 Å². The molecule has 0 aromatic heterocycles. The van der Waals surface area contributed by atoms with Gasteiger partial charge >= 0.3 is 7.47 Å². The van der Waals surface area contributed by atoms with Gasteiger partial charge in [0.15, 0.2) is 5.78 Å². The van der Waals surface area contributed by atoms with Gasteiger partial charge in [-0.15, -0.1) is 0 Å². The fourth-order valence-electron chi connectivity index (χ4n) is 1.80. The lowest BCUT2D eigenvalue weighted by molar-refractivity contribution is 0.104. The number of hydrogen-bond acceptors (Lipinski definition) is 2. The summed E-state index contributed by atoms with van der Waals surface area (Å²) in [5.74, 6) is -0.523. The van der Waals surface area contributed by atoms with Crippen LogP contribution >= 0.6 is 0 Å². The summed E-state index contributed by atoms with van der Waals surface area (Å²) >= 11 is 0. The Kier molecular flexibility index (Phi) is 4.87. The molecule has 5 heteroatoms. The second kappa shape index (κ2) is 6.84. The van der Waals surface area contributed by atoms with Crippen LogP contribution in [0.5, 0.6) is 0 Å². The Morgan fingerprint density at radius 3 is 2.19 bits per heavy atom. The smallest absolute Gasteiger partial charge is 0.505 e. The molecule has 0 aliphatic heterocycles. The standard InChI is InChI=1S/C16H13BF2O2/c1-12-7-9-13(10-8-12)15(20)11-16(21-17(18)19)14-5-3-2-4-6-14/h2-11H,1H3/b16-11-. The maximum atomic E-state index is 12.5. The molecule has 0 heterocycles. The second-order valence-electron chi connectivity index (χ2n) is 4.48. The Balaban J connectivity index is 2.31. The average Bonchev–Trinajstić information content (AvgIpc) is 2.47. The minimum Gasteiger partial charge on any atom is -0.505 e. The first-order valence-electron chi connectivity index (χ1n) is 6.39. The van der Waals surface area contributed by atoms with Crippen LogP contribution in [-0.4, -0.2) is 13.3 Å². The predicted molar refractivity (Wildman–Crippen MR) is 79.0 cm³/mol. The van der Waals surface area contributed by atoms with E-state index in [2.05, 4.69) is 4.65 Å². The summed E-state index contributed by atoms with van der Waals surface area (Å²) in [6.07, 6.45) is 1.09. The van der Waals surface area contributed by atoms with E-state index < -0.39 is 7.47 Å². The number of ketones is 1. The normalized spacial score (nSPS) is 11.1. The third kappa shape index (κ3) is 4.28. The summed E-state index contributed by atoms with van der Waals surface area (Å²) < 4.78 is 29.5. The van der Waals surface area contributed by atoms with Gasteiger partial charge in [0.25, 0.3) is 0 Å². The van der Waals surface area contributed by atoms with Crippen molar-refractivity contribution in [2.75, 3.05) is 0 Å². The molecule has 0 unspecified atom stereocenters. The highest BCUT2D eigenvalue weighted by Gasteiger charge is 2.21. The van der Waals surface area contributed by atoms with E-state index in [9.17, 15) is 13.4 Å². The van der Waals surface area contributed by atoms with E-state index in [1.165, 1.54) is 0 Å². The predicted octanol–water partition coefficient (Wildman–Crippen LogP) is 4.16. The van der Waals surface area contributed by atoms with E-state index in [-0.39, 0.29) is 11.5 Å². The van der Waals surface area contributed by atoms with Crippen molar-refractivity contribution in [3.63, 3.8) is 0 Å². The lowest BCUT2D eigenvalue weighted by Gasteiger charge is -2.08. The molecule has 0 spiro atoms. The summed E-state index contributed by atoms with van der Waals surface area (Å²) in [6, 6.07) is 15.2. The summed E-state index contributed by atoms with van der Waals surface area (Å²) in [4.78, 5) is 12.1. The Labute approximate surface area is 122 Å². The number of carbonyl (C=O) groups excluding carboxylic acids is 1. The van der Waals surface area contributed by atoms with Gasteiger partial charge in [0, 0.05) is 17.2 Å². The number of rotatable bonds is 5. The van der Waals surface area contributed by atoms with Gasteiger partial charge in [0.1, 0.15) is 5.76 Å². The molecule has 21 heavy (non-hydrogen) atoms. The van der Waals surface area contributed by atoms with E-state index in [1.54, 1.807) is 54.6 Å². The zero-order valence-corrected chi connectivity index (χ0v) is 11.4. The lowest BCUT2D eigenvalue weighted by Crippen LogP contribution is -2.06. The van der Waals surface area contributed by atoms with Crippen LogP contribution in [0.15, 0.2) is 60.7 Å². The van der Waals surface area contributed by atoms with Crippen LogP contribution < -0.4 is 0 Å². The molecular formula is C16H13BF2O2. The van der Waals surface area contributed by atoms with Crippen LogP contribution in [0.25, 0.3) is 5.76 Å². The summed E-state index contributed by atoms with van der Waals surface area (Å²) in [7, 11) is -2.98. The van der Waals surface area contributed by atoms with E-state index in [1.807, 2.05) is 6.92 Å². The molecule has 0 saturated heterocycles. The molecule has 2 aromatic carbocycles. The second-order valence-corrected chi connectivity index (χ2v) is 4.48. The zero-order valence-electron chi connectivity index (χ0n) is 11.4. The molecule has 106 valence electrons. The van der Waals surface area contributed by atoms with Crippen molar-refractivity contribution in [3.8, 4) is 0 Å². The maximum Gasteiger partial charge on any atom is 0.796 e. The lowest BCUT2D eigenvalue weighted by atomic mass is 10.1. The number of aryl methyl sites for hydroxylation is 1. The summed E-state index contributed by atoms with van der Waals surface area (Å²) in [6.45, 7) is 1.90. The SMILES string of the molecule is Cc1ccc(C(=O)/C=C(\OB(F)F)c2ccccc2)cc1. The monoisotopic (exact) mass is 286 g/mol. The van der Waals surface area contributed by atoms with E-state index in [4.69, 9.17) is 0 Å². The average molecular weight is 286 g/mol. The summed E-state index contributed by atoms with van der Waals surface area (Å²) in [5, 5.41) is 0. The van der Waals surface area contributed by atoms with Crippen molar-refractivity contribution in [1.29, 1.82) is 0 Å². The quantitative estimate of drug-likeness (QED) is 0.357. The number of halogens is 2.